The Kier molecular flexibility index (Phi) is 4.96. The van der Waals surface area contributed by atoms with E-state index in [4.69, 9.17) is 4.74 Å². The molecule has 0 spiro atoms. The number of hydrogen-bond acceptors (Lipinski definition) is 3. The van der Waals surface area contributed by atoms with Crippen LogP contribution in [0.2, 0.25) is 0 Å². The lowest BCUT2D eigenvalue weighted by atomic mass is 9.84. The topological polar surface area (TPSA) is 43.4 Å². The highest BCUT2D eigenvalue weighted by Gasteiger charge is 2.34. The van der Waals surface area contributed by atoms with Gasteiger partial charge in [0.05, 0.1) is 5.57 Å². The maximum absolute atomic E-state index is 13.0. The second-order valence-electron chi connectivity index (χ2n) is 8.70. The molecule has 0 bridgehead atoms. The van der Waals surface area contributed by atoms with Gasteiger partial charge in [-0.2, -0.15) is 0 Å². The number of ether oxygens (including phenoxy) is 1. The number of hydrogen-bond donors (Lipinski definition) is 0. The number of fused-ring (bicyclic) bond motifs is 2. The van der Waals surface area contributed by atoms with Crippen LogP contribution in [0.1, 0.15) is 51.1 Å². The summed E-state index contributed by atoms with van der Waals surface area (Å²) in [5.74, 6) is 1.13. The van der Waals surface area contributed by atoms with Crippen LogP contribution in [0.15, 0.2) is 120 Å². The first kappa shape index (κ1) is 20.4. The number of rotatable bonds is 3. The zero-order valence-corrected chi connectivity index (χ0v) is 18.6. The van der Waals surface area contributed by atoms with E-state index in [0.717, 1.165) is 58.6 Å². The number of allylic oxidation sites excluding steroid dienone is 6. The van der Waals surface area contributed by atoms with Crippen molar-refractivity contribution < 1.29 is 14.3 Å². The molecule has 1 heterocycles. The molecule has 164 valence electrons. The van der Waals surface area contributed by atoms with Gasteiger partial charge < -0.3 is 4.74 Å². The highest BCUT2D eigenvalue weighted by molar-refractivity contribution is 6.39. The van der Waals surface area contributed by atoms with E-state index in [1.807, 2.05) is 48.5 Å². The molecule has 3 aromatic rings. The fourth-order valence-electron chi connectivity index (χ4n) is 4.95. The molecule has 3 heteroatoms. The Hall–Kier alpha value is -4.24. The van der Waals surface area contributed by atoms with Gasteiger partial charge in [-0.25, -0.2) is 0 Å². The third-order valence-electron chi connectivity index (χ3n) is 6.62. The van der Waals surface area contributed by atoms with E-state index in [1.54, 1.807) is 30.3 Å². The fourth-order valence-corrected chi connectivity index (χ4v) is 4.95. The van der Waals surface area contributed by atoms with Crippen LogP contribution in [0.25, 0.3) is 11.3 Å². The number of ketones is 2. The molecule has 0 radical (unpaired) electrons. The SMILES string of the molecule is O=C1C(=CC2=C3OC(c4ccccc4)=CC(c4ccccc4)=C3CCC2)C(=O)c2ccccc21. The summed E-state index contributed by atoms with van der Waals surface area (Å²) >= 11 is 0. The lowest BCUT2D eigenvalue weighted by molar-refractivity contribution is 0.0988. The molecule has 2 aliphatic carbocycles. The summed E-state index contributed by atoms with van der Waals surface area (Å²) in [6.45, 7) is 0. The van der Waals surface area contributed by atoms with Gasteiger partial charge in [0.25, 0.3) is 0 Å². The molecule has 0 aromatic heterocycles. The van der Waals surface area contributed by atoms with Gasteiger partial charge >= 0.3 is 0 Å². The summed E-state index contributed by atoms with van der Waals surface area (Å²) in [5.41, 5.74) is 6.46. The largest absolute Gasteiger partial charge is 0.456 e. The third-order valence-corrected chi connectivity index (χ3v) is 6.62. The smallest absolute Gasteiger partial charge is 0.197 e. The molecule has 0 N–H and O–H groups in total. The first-order chi connectivity index (χ1) is 16.7. The van der Waals surface area contributed by atoms with E-state index in [0.29, 0.717) is 11.1 Å². The van der Waals surface area contributed by atoms with Crippen LogP contribution >= 0.6 is 0 Å². The van der Waals surface area contributed by atoms with Gasteiger partial charge in [-0.1, -0.05) is 84.9 Å². The molecule has 0 saturated heterocycles. The molecule has 34 heavy (non-hydrogen) atoms. The van der Waals surface area contributed by atoms with Crippen LogP contribution in [0.5, 0.6) is 0 Å². The van der Waals surface area contributed by atoms with Gasteiger partial charge in [0.15, 0.2) is 11.6 Å². The Morgan fingerprint density at radius 3 is 1.91 bits per heavy atom. The molecule has 3 aliphatic rings. The molecule has 0 saturated carbocycles. The van der Waals surface area contributed by atoms with Crippen LogP contribution in [0, 0.1) is 0 Å². The minimum absolute atomic E-state index is 0.206. The number of carbonyl (C=O) groups is 2. The molecule has 3 aromatic carbocycles. The molecule has 3 nitrogen and oxygen atoms in total. The Morgan fingerprint density at radius 2 is 1.26 bits per heavy atom. The third kappa shape index (κ3) is 3.37. The standard InChI is InChI=1S/C31H22O3/c32-29-23-15-7-8-16-24(23)30(33)27(29)18-22-14-9-17-25-26(20-10-3-1-4-11-20)19-28(34-31(22)25)21-12-5-2-6-13-21/h1-8,10-13,15-16,18-19H,9,14,17H2. The normalized spacial score (nSPS) is 17.3. The van der Waals surface area contributed by atoms with Crippen molar-refractivity contribution in [3.05, 3.63) is 142 Å². The summed E-state index contributed by atoms with van der Waals surface area (Å²) in [6, 6.07) is 27.4. The summed E-state index contributed by atoms with van der Waals surface area (Å²) in [7, 11) is 0. The van der Waals surface area contributed by atoms with Crippen molar-refractivity contribution in [2.45, 2.75) is 19.3 Å². The Bertz CT molecular complexity index is 1410. The summed E-state index contributed by atoms with van der Waals surface area (Å²) in [4.78, 5) is 26.1. The van der Waals surface area contributed by atoms with Gasteiger partial charge in [-0.3, -0.25) is 9.59 Å². The summed E-state index contributed by atoms with van der Waals surface area (Å²) in [5, 5.41) is 0. The van der Waals surface area contributed by atoms with Gasteiger partial charge in [0.2, 0.25) is 0 Å². The molecular formula is C31H22O3. The van der Waals surface area contributed by atoms with Gasteiger partial charge in [0.1, 0.15) is 11.5 Å². The van der Waals surface area contributed by atoms with Gasteiger partial charge in [-0.05, 0) is 48.1 Å². The predicted octanol–water partition coefficient (Wildman–Crippen LogP) is 6.96. The average Bonchev–Trinajstić information content (AvgIpc) is 3.14. The van der Waals surface area contributed by atoms with E-state index in [9.17, 15) is 9.59 Å². The molecule has 0 amide bonds. The maximum atomic E-state index is 13.0. The van der Waals surface area contributed by atoms with Crippen molar-refractivity contribution in [3.63, 3.8) is 0 Å². The van der Waals surface area contributed by atoms with Crippen molar-refractivity contribution in [1.29, 1.82) is 0 Å². The van der Waals surface area contributed by atoms with Gasteiger partial charge in [-0.15, -0.1) is 0 Å². The second-order valence-corrected chi connectivity index (χ2v) is 8.70. The van der Waals surface area contributed by atoms with E-state index in [-0.39, 0.29) is 17.1 Å². The van der Waals surface area contributed by atoms with Crippen molar-refractivity contribution in [2.24, 2.45) is 0 Å². The summed E-state index contributed by atoms with van der Waals surface area (Å²) < 4.78 is 6.51. The molecule has 0 fully saturated rings. The van der Waals surface area contributed by atoms with Crippen LogP contribution in [-0.4, -0.2) is 11.6 Å². The lowest BCUT2D eigenvalue weighted by Gasteiger charge is -2.29. The molecule has 0 atom stereocenters. The monoisotopic (exact) mass is 442 g/mol. The first-order valence-electron chi connectivity index (χ1n) is 11.6. The summed E-state index contributed by atoms with van der Waals surface area (Å²) in [6.07, 6.45) is 6.45. The molecular weight excluding hydrogens is 420 g/mol. The zero-order valence-electron chi connectivity index (χ0n) is 18.6. The second kappa shape index (κ2) is 8.27. The van der Waals surface area contributed by atoms with Crippen LogP contribution < -0.4 is 0 Å². The van der Waals surface area contributed by atoms with Crippen LogP contribution in [-0.2, 0) is 4.74 Å². The average molecular weight is 443 g/mol. The maximum Gasteiger partial charge on any atom is 0.197 e. The minimum atomic E-state index is -0.206. The van der Waals surface area contributed by atoms with Gasteiger partial charge in [0, 0.05) is 22.3 Å². The van der Waals surface area contributed by atoms with Crippen molar-refractivity contribution in [3.8, 4) is 0 Å². The minimum Gasteiger partial charge on any atom is -0.456 e. The van der Waals surface area contributed by atoms with E-state index in [2.05, 4.69) is 18.2 Å². The Morgan fingerprint density at radius 1 is 0.676 bits per heavy atom. The van der Waals surface area contributed by atoms with Crippen molar-refractivity contribution in [1.82, 2.24) is 0 Å². The Labute approximate surface area is 198 Å². The lowest BCUT2D eigenvalue weighted by Crippen LogP contribution is -2.13. The number of Topliss-reactive ketones (excluding diaryl/α,β-unsaturated/α-hetero) is 2. The van der Waals surface area contributed by atoms with E-state index in [1.165, 1.54) is 0 Å². The molecule has 6 rings (SSSR count). The zero-order chi connectivity index (χ0) is 23.1. The van der Waals surface area contributed by atoms with E-state index >= 15 is 0 Å². The molecule has 0 unspecified atom stereocenters. The fraction of sp³-hybridized carbons (Fsp3) is 0.0968. The first-order valence-corrected chi connectivity index (χ1v) is 11.6. The molecule has 1 aliphatic heterocycles. The van der Waals surface area contributed by atoms with E-state index < -0.39 is 0 Å². The quantitative estimate of drug-likeness (QED) is 0.325. The highest BCUT2D eigenvalue weighted by atomic mass is 16.5. The van der Waals surface area contributed by atoms with Crippen LogP contribution in [0.3, 0.4) is 0 Å². The van der Waals surface area contributed by atoms with Crippen LogP contribution in [0.4, 0.5) is 0 Å². The Balaban J connectivity index is 1.52. The number of benzene rings is 3. The number of carbonyl (C=O) groups excluding carboxylic acids is 2. The highest BCUT2D eigenvalue weighted by Crippen LogP contribution is 2.44. The predicted molar refractivity (Wildman–Crippen MR) is 133 cm³/mol. The van der Waals surface area contributed by atoms with Crippen molar-refractivity contribution in [2.75, 3.05) is 0 Å². The van der Waals surface area contributed by atoms with Crippen molar-refractivity contribution >= 4 is 22.9 Å².